The molecule has 0 aromatic heterocycles. The van der Waals surface area contributed by atoms with E-state index < -0.39 is 97.5 Å². The second-order valence-electron chi connectivity index (χ2n) is 25.6. The highest BCUT2D eigenvalue weighted by atomic mass is 31.2. The van der Waals surface area contributed by atoms with Gasteiger partial charge in [-0.05, 0) is 109 Å². The van der Waals surface area contributed by atoms with E-state index in [1.165, 1.54) is 77.0 Å². The molecule has 5 atom stereocenters. The molecule has 0 heterocycles. The molecule has 0 rings (SSSR count). The number of rotatable bonds is 72. The van der Waals surface area contributed by atoms with Crippen molar-refractivity contribution >= 4 is 39.5 Å². The van der Waals surface area contributed by atoms with Crippen LogP contribution in [0.5, 0.6) is 0 Å². The van der Waals surface area contributed by atoms with Gasteiger partial charge in [0.25, 0.3) is 0 Å². The van der Waals surface area contributed by atoms with E-state index in [9.17, 15) is 43.2 Å². The third-order valence-corrected chi connectivity index (χ3v) is 18.0. The fraction of sp³-hybridized carbons (Fsp3) is 0.792. The van der Waals surface area contributed by atoms with Gasteiger partial charge in [0.2, 0.25) is 0 Å². The van der Waals surface area contributed by atoms with Gasteiger partial charge in [-0.3, -0.25) is 37.3 Å². The molecule has 19 heteroatoms. The van der Waals surface area contributed by atoms with Gasteiger partial charge in [-0.2, -0.15) is 0 Å². The molecule has 5 unspecified atom stereocenters. The molecule has 0 amide bonds. The number of carbonyl (C=O) groups excluding carboxylic acids is 4. The van der Waals surface area contributed by atoms with Gasteiger partial charge >= 0.3 is 39.5 Å². The number of esters is 4. The number of aliphatic hydroxyl groups excluding tert-OH is 1. The summed E-state index contributed by atoms with van der Waals surface area (Å²) < 4.78 is 68.4. The van der Waals surface area contributed by atoms with Crippen molar-refractivity contribution in [3.05, 3.63) is 72.9 Å². The number of ether oxygens (including phenoxy) is 4. The third kappa shape index (κ3) is 69.0. The summed E-state index contributed by atoms with van der Waals surface area (Å²) >= 11 is 0. The predicted octanol–water partition coefficient (Wildman–Crippen LogP) is 21.7. The van der Waals surface area contributed by atoms with Crippen molar-refractivity contribution in [1.29, 1.82) is 0 Å². The summed E-state index contributed by atoms with van der Waals surface area (Å²) in [5, 5.41) is 10.6. The Morgan fingerprint density at radius 1 is 0.302 bits per heavy atom. The van der Waals surface area contributed by atoms with Crippen molar-refractivity contribution < 1.29 is 80.2 Å². The van der Waals surface area contributed by atoms with E-state index in [1.807, 2.05) is 0 Å². The topological polar surface area (TPSA) is 237 Å². The highest BCUT2D eigenvalue weighted by Crippen LogP contribution is 2.45. The minimum absolute atomic E-state index is 0.0785. The van der Waals surface area contributed by atoms with Gasteiger partial charge < -0.3 is 33.8 Å². The summed E-state index contributed by atoms with van der Waals surface area (Å²) in [4.78, 5) is 72.8. The molecule has 0 saturated carbocycles. The standard InChI is InChI=1S/C77H138O17P2/c1-5-9-13-17-21-25-29-33-34-35-36-40-42-46-50-54-58-62-75(80)88-68-73(94-77(82)64-60-56-52-48-44-39-32-28-24-20-16-12-8-4)70-92-96(85,86)90-66-71(78)65-89-95(83,84)91-69-72(93-76(81)63-59-55-51-47-43-38-31-27-23-19-15-11-7-3)67-87-74(79)61-57-53-49-45-41-37-30-26-22-18-14-10-6-2/h9,13,16,20-21,25-26,28,30,32-34,71-73,78H,5-8,10-12,14-15,17-19,22-24,27,29,31,35-70H2,1-4H3,(H,83,84)(H,85,86)/b13-9-,20-16-,25-21-,30-26-,32-28-,34-33-. The molecule has 3 N–H and O–H groups in total. The van der Waals surface area contributed by atoms with Crippen molar-refractivity contribution in [2.24, 2.45) is 0 Å². The molecule has 0 aromatic carbocycles. The molecule has 17 nitrogen and oxygen atoms in total. The lowest BCUT2D eigenvalue weighted by Gasteiger charge is -2.21. The Bertz CT molecular complexity index is 2110. The van der Waals surface area contributed by atoms with Crippen LogP contribution in [-0.4, -0.2) is 96.7 Å². The smallest absolute Gasteiger partial charge is 0.462 e. The van der Waals surface area contributed by atoms with E-state index in [0.29, 0.717) is 25.7 Å². The number of allylic oxidation sites excluding steroid dienone is 12. The normalized spacial score (nSPS) is 14.4. The van der Waals surface area contributed by atoms with E-state index in [1.54, 1.807) is 0 Å². The van der Waals surface area contributed by atoms with Crippen molar-refractivity contribution in [2.45, 2.75) is 354 Å². The largest absolute Gasteiger partial charge is 0.472 e. The molecule has 0 bridgehead atoms. The number of hydrogen-bond acceptors (Lipinski definition) is 15. The first-order valence-corrected chi connectivity index (χ1v) is 41.2. The van der Waals surface area contributed by atoms with Crippen LogP contribution in [0.4, 0.5) is 0 Å². The van der Waals surface area contributed by atoms with Gasteiger partial charge in [0.15, 0.2) is 12.2 Å². The van der Waals surface area contributed by atoms with Crippen LogP contribution in [0.2, 0.25) is 0 Å². The molecule has 0 saturated heterocycles. The zero-order chi connectivity index (χ0) is 70.4. The molecule has 0 aliphatic rings. The molecule has 0 fully saturated rings. The maximum Gasteiger partial charge on any atom is 0.472 e. The number of aliphatic hydroxyl groups is 1. The SMILES string of the molecule is CC/C=C\C/C=C\C/C=C\CCCCCCCCCC(=O)OCC(COP(=O)(O)OCC(O)COP(=O)(O)OCC(COC(=O)CCCCCCC/C=C\CCCCCC)OC(=O)CCCCCCCCCCCCCCC)OC(=O)CCCCCCC/C=C\C/C=C\CCC. The molecular formula is C77H138O17P2. The van der Waals surface area contributed by atoms with Crippen molar-refractivity contribution in [3.63, 3.8) is 0 Å². The molecule has 96 heavy (non-hydrogen) atoms. The molecule has 0 aliphatic heterocycles. The molecule has 0 aromatic rings. The average Bonchev–Trinajstić information content (AvgIpc) is 3.12. The second-order valence-corrected chi connectivity index (χ2v) is 28.5. The Morgan fingerprint density at radius 3 is 0.896 bits per heavy atom. The summed E-state index contributed by atoms with van der Waals surface area (Å²) in [5.41, 5.74) is 0. The third-order valence-electron chi connectivity index (χ3n) is 16.1. The van der Waals surface area contributed by atoms with Crippen LogP contribution in [-0.2, 0) is 65.4 Å². The second kappa shape index (κ2) is 70.0. The van der Waals surface area contributed by atoms with Crippen LogP contribution in [0.1, 0.15) is 336 Å². The molecule has 0 radical (unpaired) electrons. The van der Waals surface area contributed by atoms with Crippen LogP contribution in [0.25, 0.3) is 0 Å². The minimum Gasteiger partial charge on any atom is -0.462 e. The van der Waals surface area contributed by atoms with Gasteiger partial charge in [-0.15, -0.1) is 0 Å². The molecule has 0 aliphatic carbocycles. The Labute approximate surface area is 583 Å². The Kier molecular flexibility index (Phi) is 67.4. The maximum absolute atomic E-state index is 13.1. The van der Waals surface area contributed by atoms with Gasteiger partial charge in [0.1, 0.15) is 19.3 Å². The van der Waals surface area contributed by atoms with E-state index in [4.69, 9.17) is 37.0 Å². The lowest BCUT2D eigenvalue weighted by molar-refractivity contribution is -0.161. The zero-order valence-electron chi connectivity index (χ0n) is 60.8. The minimum atomic E-state index is -4.97. The van der Waals surface area contributed by atoms with Gasteiger partial charge in [-0.1, -0.05) is 274 Å². The Morgan fingerprint density at radius 2 is 0.562 bits per heavy atom. The van der Waals surface area contributed by atoms with E-state index >= 15 is 0 Å². The van der Waals surface area contributed by atoms with Crippen molar-refractivity contribution in [2.75, 3.05) is 39.6 Å². The van der Waals surface area contributed by atoms with Crippen LogP contribution in [0.15, 0.2) is 72.9 Å². The van der Waals surface area contributed by atoms with Crippen LogP contribution in [0.3, 0.4) is 0 Å². The first-order valence-electron chi connectivity index (χ1n) is 38.2. The average molecular weight is 1400 g/mol. The number of unbranched alkanes of at least 4 members (excludes halogenated alkanes) is 34. The van der Waals surface area contributed by atoms with Gasteiger partial charge in [-0.25, -0.2) is 9.13 Å². The molecule has 558 valence electrons. The van der Waals surface area contributed by atoms with Crippen molar-refractivity contribution in [3.8, 4) is 0 Å². The summed E-state index contributed by atoms with van der Waals surface area (Å²) in [6.45, 7) is 4.69. The van der Waals surface area contributed by atoms with Gasteiger partial charge in [0, 0.05) is 25.7 Å². The highest BCUT2D eigenvalue weighted by Gasteiger charge is 2.30. The first-order chi connectivity index (χ1) is 46.7. The highest BCUT2D eigenvalue weighted by molar-refractivity contribution is 7.47. The first kappa shape index (κ1) is 92.5. The van der Waals surface area contributed by atoms with Crippen molar-refractivity contribution in [1.82, 2.24) is 0 Å². The van der Waals surface area contributed by atoms with E-state index in [-0.39, 0.29) is 25.7 Å². The van der Waals surface area contributed by atoms with E-state index in [0.717, 1.165) is 180 Å². The molecule has 0 spiro atoms. The number of carbonyl (C=O) groups is 4. The summed E-state index contributed by atoms with van der Waals surface area (Å²) in [6, 6.07) is 0. The summed E-state index contributed by atoms with van der Waals surface area (Å²) in [7, 11) is -9.94. The summed E-state index contributed by atoms with van der Waals surface area (Å²) in [6.07, 6.45) is 68.9. The fourth-order valence-electron chi connectivity index (χ4n) is 10.3. The van der Waals surface area contributed by atoms with Crippen LogP contribution < -0.4 is 0 Å². The Balaban J connectivity index is 5.32. The lowest BCUT2D eigenvalue weighted by Crippen LogP contribution is -2.30. The van der Waals surface area contributed by atoms with Crippen LogP contribution in [0, 0.1) is 0 Å². The summed E-state index contributed by atoms with van der Waals surface area (Å²) in [5.74, 6) is -2.19. The van der Waals surface area contributed by atoms with Crippen LogP contribution >= 0.6 is 15.6 Å². The predicted molar refractivity (Wildman–Crippen MR) is 390 cm³/mol. The lowest BCUT2D eigenvalue weighted by atomic mass is 10.0. The fourth-order valence-corrected chi connectivity index (χ4v) is 11.9. The number of hydrogen-bond donors (Lipinski definition) is 3. The Hall–Kier alpha value is -3.50. The molecular weight excluding hydrogens is 1260 g/mol. The van der Waals surface area contributed by atoms with Gasteiger partial charge in [0.05, 0.1) is 26.4 Å². The van der Waals surface area contributed by atoms with E-state index in [2.05, 4.69) is 101 Å². The zero-order valence-corrected chi connectivity index (χ0v) is 62.6. The number of phosphoric ester groups is 2. The quantitative estimate of drug-likeness (QED) is 0.0169. The monoisotopic (exact) mass is 1400 g/mol. The maximum atomic E-state index is 13.1. The number of phosphoric acid groups is 2.